The maximum atomic E-state index is 12.1. The largest absolute Gasteiger partial charge is 0.282 e. The summed E-state index contributed by atoms with van der Waals surface area (Å²) in [5.41, 5.74) is 0.878. The number of benzene rings is 2. The molecule has 0 radical (unpaired) electrons. The Morgan fingerprint density at radius 1 is 1.05 bits per heavy atom. The van der Waals surface area contributed by atoms with Gasteiger partial charge in [-0.05, 0) is 39.7 Å². The molecule has 1 N–H and O–H groups in total. The molecule has 0 aliphatic rings. The minimum absolute atomic E-state index is 0.111. The first-order valence-electron chi connectivity index (χ1n) is 5.61. The van der Waals surface area contributed by atoms with Crippen LogP contribution in [0.25, 0.3) is 0 Å². The van der Waals surface area contributed by atoms with Crippen LogP contribution in [0, 0.1) is 0 Å². The number of sulfonamides is 1. The van der Waals surface area contributed by atoms with Gasteiger partial charge in [0.2, 0.25) is 0 Å². The molecule has 0 aliphatic heterocycles. The van der Waals surface area contributed by atoms with Crippen LogP contribution in [-0.4, -0.2) is 8.42 Å². The molecule has 0 fully saturated rings. The summed E-state index contributed by atoms with van der Waals surface area (Å²) in [5, 5.41) is 0. The van der Waals surface area contributed by atoms with Crippen molar-refractivity contribution in [3.63, 3.8) is 0 Å². The van der Waals surface area contributed by atoms with Crippen molar-refractivity contribution >= 4 is 41.9 Å². The van der Waals surface area contributed by atoms with E-state index in [0.717, 1.165) is 5.56 Å². The third kappa shape index (κ3) is 4.13. The van der Waals surface area contributed by atoms with Crippen molar-refractivity contribution in [3.05, 3.63) is 63.0 Å². The minimum atomic E-state index is -3.73. The van der Waals surface area contributed by atoms with Gasteiger partial charge in [0, 0.05) is 8.95 Å². The van der Waals surface area contributed by atoms with E-state index in [1.807, 2.05) is 30.3 Å². The topological polar surface area (TPSA) is 55.4 Å². The smallest absolute Gasteiger partial charge is 0.263 e. The molecule has 2 aromatic rings. The second kappa shape index (κ2) is 6.82. The second-order valence-corrected chi connectivity index (χ2v) is 7.32. The number of hydrogen-bond donors (Lipinski definition) is 1. The van der Waals surface area contributed by atoms with Crippen LogP contribution in [0.5, 0.6) is 0 Å². The van der Waals surface area contributed by atoms with Gasteiger partial charge in [-0.25, -0.2) is 8.42 Å². The number of hydrogen-bond acceptors (Lipinski definition) is 3. The van der Waals surface area contributed by atoms with Gasteiger partial charge in [0.25, 0.3) is 10.0 Å². The molecule has 0 bridgehead atoms. The summed E-state index contributed by atoms with van der Waals surface area (Å²) in [5.74, 6) is 0. The Hall–Kier alpha value is -0.730. The zero-order valence-corrected chi connectivity index (χ0v) is 14.2. The molecule has 0 aliphatic carbocycles. The fraction of sp³-hybridized carbons (Fsp3) is 0.0769. The highest BCUT2D eigenvalue weighted by molar-refractivity contribution is 9.11. The molecule has 7 heteroatoms. The van der Waals surface area contributed by atoms with Crippen molar-refractivity contribution in [2.24, 2.45) is 0 Å². The predicted octanol–water partition coefficient (Wildman–Crippen LogP) is 3.62. The third-order valence-corrected chi connectivity index (χ3v) is 5.13. The predicted molar refractivity (Wildman–Crippen MR) is 83.4 cm³/mol. The molecule has 0 amide bonds. The van der Waals surface area contributed by atoms with Gasteiger partial charge < -0.3 is 0 Å². The molecular formula is C13H11Br2NO3S. The van der Waals surface area contributed by atoms with E-state index in [0.29, 0.717) is 8.95 Å². The van der Waals surface area contributed by atoms with E-state index in [2.05, 4.69) is 36.7 Å². The first-order chi connectivity index (χ1) is 9.49. The van der Waals surface area contributed by atoms with E-state index < -0.39 is 10.0 Å². The van der Waals surface area contributed by atoms with E-state index in [-0.39, 0.29) is 11.5 Å². The third-order valence-electron chi connectivity index (χ3n) is 2.43. The lowest BCUT2D eigenvalue weighted by molar-refractivity contribution is 0.0795. The fourth-order valence-corrected chi connectivity index (χ4v) is 3.80. The lowest BCUT2D eigenvalue weighted by atomic mass is 10.2. The van der Waals surface area contributed by atoms with Crippen LogP contribution >= 0.6 is 31.9 Å². The first-order valence-corrected chi connectivity index (χ1v) is 8.68. The highest BCUT2D eigenvalue weighted by atomic mass is 79.9. The van der Waals surface area contributed by atoms with Crippen LogP contribution in [0.2, 0.25) is 0 Å². The molecule has 0 atom stereocenters. The molecule has 0 saturated heterocycles. The summed E-state index contributed by atoms with van der Waals surface area (Å²) in [6.45, 7) is 0.158. The molecule has 0 heterocycles. The molecule has 20 heavy (non-hydrogen) atoms. The van der Waals surface area contributed by atoms with Gasteiger partial charge in [-0.15, -0.1) is 0 Å². The Labute approximate surface area is 134 Å². The lowest BCUT2D eigenvalue weighted by Gasteiger charge is -2.09. The standard InChI is InChI=1S/C13H11Br2NO3S/c14-11-6-7-12(15)13(8-11)20(17,18)16-19-9-10-4-2-1-3-5-10/h1-8,16H,9H2. The van der Waals surface area contributed by atoms with Crippen molar-refractivity contribution in [1.29, 1.82) is 0 Å². The van der Waals surface area contributed by atoms with E-state index >= 15 is 0 Å². The van der Waals surface area contributed by atoms with Crippen molar-refractivity contribution in [3.8, 4) is 0 Å². The summed E-state index contributed by atoms with van der Waals surface area (Å²) in [7, 11) is -3.73. The average Bonchev–Trinajstić information content (AvgIpc) is 2.42. The summed E-state index contributed by atoms with van der Waals surface area (Å²) < 4.78 is 25.4. The first kappa shape index (κ1) is 15.7. The van der Waals surface area contributed by atoms with Crippen molar-refractivity contribution in [2.45, 2.75) is 11.5 Å². The fourth-order valence-electron chi connectivity index (χ4n) is 1.49. The Morgan fingerprint density at radius 2 is 1.75 bits per heavy atom. The Morgan fingerprint density at radius 3 is 2.45 bits per heavy atom. The maximum Gasteiger partial charge on any atom is 0.263 e. The van der Waals surface area contributed by atoms with E-state index in [1.165, 1.54) is 6.07 Å². The molecular weight excluding hydrogens is 410 g/mol. The lowest BCUT2D eigenvalue weighted by Crippen LogP contribution is -2.24. The van der Waals surface area contributed by atoms with E-state index in [1.54, 1.807) is 12.1 Å². The Bertz CT molecular complexity index is 690. The van der Waals surface area contributed by atoms with Crippen molar-refractivity contribution < 1.29 is 13.3 Å². The van der Waals surface area contributed by atoms with E-state index in [9.17, 15) is 8.42 Å². The monoisotopic (exact) mass is 419 g/mol. The van der Waals surface area contributed by atoms with Gasteiger partial charge >= 0.3 is 0 Å². The molecule has 0 aromatic heterocycles. The Kier molecular flexibility index (Phi) is 5.34. The van der Waals surface area contributed by atoms with Crippen LogP contribution in [0.4, 0.5) is 0 Å². The normalized spacial score (nSPS) is 11.5. The molecule has 0 unspecified atom stereocenters. The minimum Gasteiger partial charge on any atom is -0.282 e. The van der Waals surface area contributed by atoms with Crippen LogP contribution in [0.3, 0.4) is 0 Å². The second-order valence-electron chi connectivity index (χ2n) is 3.94. The number of nitrogens with one attached hydrogen (secondary N) is 1. The summed E-state index contributed by atoms with van der Waals surface area (Å²) in [4.78, 5) is 7.28. The molecule has 2 aromatic carbocycles. The van der Waals surface area contributed by atoms with Gasteiger partial charge in [0.15, 0.2) is 0 Å². The average molecular weight is 421 g/mol. The summed E-state index contributed by atoms with van der Waals surface area (Å²) in [6.07, 6.45) is 0. The number of halogens is 2. The number of rotatable bonds is 5. The van der Waals surface area contributed by atoms with Crippen LogP contribution < -0.4 is 4.89 Å². The van der Waals surface area contributed by atoms with Crippen molar-refractivity contribution in [2.75, 3.05) is 0 Å². The molecule has 2 rings (SSSR count). The zero-order valence-electron chi connectivity index (χ0n) is 10.2. The van der Waals surface area contributed by atoms with Gasteiger partial charge in [0.1, 0.15) is 0 Å². The maximum absolute atomic E-state index is 12.1. The van der Waals surface area contributed by atoms with Crippen LogP contribution in [-0.2, 0) is 21.5 Å². The van der Waals surface area contributed by atoms with Gasteiger partial charge in [-0.2, -0.15) is 0 Å². The molecule has 0 spiro atoms. The van der Waals surface area contributed by atoms with Gasteiger partial charge in [-0.3, -0.25) is 4.84 Å². The highest BCUT2D eigenvalue weighted by Crippen LogP contribution is 2.25. The van der Waals surface area contributed by atoms with Crippen LogP contribution in [0.1, 0.15) is 5.56 Å². The molecule has 0 saturated carbocycles. The SMILES string of the molecule is O=S(=O)(NOCc1ccccc1)c1cc(Br)ccc1Br. The highest BCUT2D eigenvalue weighted by Gasteiger charge is 2.18. The van der Waals surface area contributed by atoms with E-state index in [4.69, 9.17) is 4.84 Å². The van der Waals surface area contributed by atoms with Gasteiger partial charge in [-0.1, -0.05) is 51.1 Å². The van der Waals surface area contributed by atoms with Gasteiger partial charge in [0.05, 0.1) is 11.5 Å². The van der Waals surface area contributed by atoms with Crippen molar-refractivity contribution in [1.82, 2.24) is 4.89 Å². The Balaban J connectivity index is 2.06. The quantitative estimate of drug-likeness (QED) is 0.751. The molecule has 4 nitrogen and oxygen atoms in total. The van der Waals surface area contributed by atoms with Crippen LogP contribution in [0.15, 0.2) is 62.4 Å². The summed E-state index contributed by atoms with van der Waals surface area (Å²) in [6, 6.07) is 14.2. The summed E-state index contributed by atoms with van der Waals surface area (Å²) >= 11 is 6.45. The molecule has 106 valence electrons. The zero-order chi connectivity index (χ0) is 14.6.